The van der Waals surface area contributed by atoms with E-state index in [2.05, 4.69) is 49.9 Å². The molecular formula is C14H14S. The van der Waals surface area contributed by atoms with Crippen LogP contribution in [-0.2, 0) is 0 Å². The Hall–Kier alpha value is -1.34. The molecule has 0 radical (unpaired) electrons. The minimum atomic E-state index is 1.16. The second-order valence-electron chi connectivity index (χ2n) is 3.59. The largest absolute Gasteiger partial charge is 0.135 e. The molecule has 0 atom stereocenters. The Morgan fingerprint density at radius 1 is 1.33 bits per heavy atom. The van der Waals surface area contributed by atoms with E-state index in [1.54, 1.807) is 0 Å². The number of benzene rings is 1. The van der Waals surface area contributed by atoms with Crippen LogP contribution in [0, 0.1) is 0 Å². The van der Waals surface area contributed by atoms with Gasteiger partial charge in [0.15, 0.2) is 0 Å². The van der Waals surface area contributed by atoms with Gasteiger partial charge in [-0.1, -0.05) is 36.9 Å². The van der Waals surface area contributed by atoms with Gasteiger partial charge in [0.2, 0.25) is 0 Å². The molecule has 0 bridgehead atoms. The van der Waals surface area contributed by atoms with Crippen molar-refractivity contribution < 1.29 is 0 Å². The van der Waals surface area contributed by atoms with Gasteiger partial charge in [-0.05, 0) is 36.1 Å². The summed E-state index contributed by atoms with van der Waals surface area (Å²) < 4.78 is 2.62. The summed E-state index contributed by atoms with van der Waals surface area (Å²) in [6.07, 6.45) is 4.21. The standard InChI is InChI=1S/C14H14S/c1-4-7-10(2)14-11(3)12-8-5-6-9-13(12)15-14/h4-9H,3H2,1-2H3/b7-4-,14-10+. The van der Waals surface area contributed by atoms with E-state index >= 15 is 0 Å². The van der Waals surface area contributed by atoms with E-state index in [4.69, 9.17) is 0 Å². The topological polar surface area (TPSA) is 0 Å². The smallest absolute Gasteiger partial charge is 0.0378 e. The van der Waals surface area contributed by atoms with Gasteiger partial charge in [-0.3, -0.25) is 0 Å². The summed E-state index contributed by atoms with van der Waals surface area (Å²) in [5, 5.41) is 2.44. The van der Waals surface area contributed by atoms with Crippen LogP contribution in [0.4, 0.5) is 0 Å². The highest BCUT2D eigenvalue weighted by atomic mass is 32.1. The molecule has 2 aromatic rings. The summed E-state index contributed by atoms with van der Waals surface area (Å²) in [5.74, 6) is 0. The fourth-order valence-corrected chi connectivity index (χ4v) is 2.87. The summed E-state index contributed by atoms with van der Waals surface area (Å²) in [4.78, 5) is 0. The molecule has 0 unspecified atom stereocenters. The van der Waals surface area contributed by atoms with Crippen molar-refractivity contribution in [2.24, 2.45) is 0 Å². The van der Waals surface area contributed by atoms with Crippen LogP contribution in [0.1, 0.15) is 13.8 Å². The first-order valence-electron chi connectivity index (χ1n) is 5.04. The third kappa shape index (κ3) is 1.75. The molecule has 0 aliphatic carbocycles. The summed E-state index contributed by atoms with van der Waals surface area (Å²) in [6.45, 7) is 8.35. The summed E-state index contributed by atoms with van der Waals surface area (Å²) in [5.41, 5.74) is 1.30. The minimum Gasteiger partial charge on any atom is -0.135 e. The molecule has 0 fully saturated rings. The van der Waals surface area contributed by atoms with Crippen molar-refractivity contribution >= 4 is 33.6 Å². The molecule has 1 heterocycles. The average Bonchev–Trinajstić information content (AvgIpc) is 2.57. The van der Waals surface area contributed by atoms with Gasteiger partial charge in [0.25, 0.3) is 0 Å². The van der Waals surface area contributed by atoms with E-state index in [0.29, 0.717) is 0 Å². The van der Waals surface area contributed by atoms with E-state index in [1.165, 1.54) is 20.2 Å². The fourth-order valence-electron chi connectivity index (χ4n) is 1.74. The van der Waals surface area contributed by atoms with E-state index in [0.717, 1.165) is 5.22 Å². The lowest BCUT2D eigenvalue weighted by atomic mass is 10.2. The number of allylic oxidation sites excluding steroid dienone is 2. The third-order valence-corrected chi connectivity index (χ3v) is 3.82. The molecule has 1 aromatic heterocycles. The van der Waals surface area contributed by atoms with E-state index < -0.39 is 0 Å². The molecule has 0 spiro atoms. The Bertz CT molecular complexity index is 614. The van der Waals surface area contributed by atoms with Crippen molar-refractivity contribution in [3.8, 4) is 0 Å². The van der Waals surface area contributed by atoms with Gasteiger partial charge in [-0.2, -0.15) is 0 Å². The minimum absolute atomic E-state index is 1.16. The SMILES string of the molecule is C=c1/c(=C(C)\C=C/C)sc2ccccc12. The summed E-state index contributed by atoms with van der Waals surface area (Å²) in [7, 11) is 0. The molecule has 2 rings (SSSR count). The zero-order valence-electron chi connectivity index (χ0n) is 9.08. The zero-order valence-corrected chi connectivity index (χ0v) is 9.90. The van der Waals surface area contributed by atoms with Crippen LogP contribution in [0.5, 0.6) is 0 Å². The molecule has 0 aliphatic heterocycles. The monoisotopic (exact) mass is 214 g/mol. The zero-order chi connectivity index (χ0) is 10.8. The first kappa shape index (κ1) is 10.2. The Kier molecular flexibility index (Phi) is 2.74. The number of thiophene rings is 1. The molecule has 0 amide bonds. The van der Waals surface area contributed by atoms with Crippen molar-refractivity contribution in [2.45, 2.75) is 13.8 Å². The quantitative estimate of drug-likeness (QED) is 0.684. The van der Waals surface area contributed by atoms with Gasteiger partial charge < -0.3 is 0 Å². The van der Waals surface area contributed by atoms with Crippen molar-refractivity contribution in [1.82, 2.24) is 0 Å². The van der Waals surface area contributed by atoms with Crippen molar-refractivity contribution in [2.75, 3.05) is 0 Å². The Labute approximate surface area is 93.9 Å². The molecular weight excluding hydrogens is 200 g/mol. The predicted molar refractivity (Wildman–Crippen MR) is 70.5 cm³/mol. The van der Waals surface area contributed by atoms with Crippen LogP contribution in [0.15, 0.2) is 36.4 Å². The number of rotatable bonds is 1. The lowest BCUT2D eigenvalue weighted by Crippen LogP contribution is -2.18. The van der Waals surface area contributed by atoms with Crippen LogP contribution in [0.25, 0.3) is 22.2 Å². The molecule has 0 N–H and O–H groups in total. The van der Waals surface area contributed by atoms with Crippen LogP contribution in [0.2, 0.25) is 0 Å². The van der Waals surface area contributed by atoms with Gasteiger partial charge in [0.05, 0.1) is 0 Å². The van der Waals surface area contributed by atoms with Gasteiger partial charge in [-0.25, -0.2) is 0 Å². The second-order valence-corrected chi connectivity index (χ2v) is 4.64. The van der Waals surface area contributed by atoms with Crippen LogP contribution in [-0.4, -0.2) is 0 Å². The molecule has 15 heavy (non-hydrogen) atoms. The van der Waals surface area contributed by atoms with E-state index in [1.807, 2.05) is 18.3 Å². The van der Waals surface area contributed by atoms with Crippen LogP contribution >= 0.6 is 11.3 Å². The molecule has 76 valence electrons. The fraction of sp³-hybridized carbons (Fsp3) is 0.143. The highest BCUT2D eigenvalue weighted by Crippen LogP contribution is 2.12. The number of fused-ring (bicyclic) bond motifs is 1. The first-order chi connectivity index (χ1) is 7.24. The molecule has 1 heteroatoms. The maximum Gasteiger partial charge on any atom is 0.0378 e. The van der Waals surface area contributed by atoms with Crippen LogP contribution < -0.4 is 9.75 Å². The van der Waals surface area contributed by atoms with Gasteiger partial charge in [-0.15, -0.1) is 11.3 Å². The van der Waals surface area contributed by atoms with Gasteiger partial charge in [0.1, 0.15) is 0 Å². The lowest BCUT2D eigenvalue weighted by molar-refractivity contribution is 1.63. The predicted octanol–water partition coefficient (Wildman–Crippen LogP) is 3.06. The maximum atomic E-state index is 4.17. The summed E-state index contributed by atoms with van der Waals surface area (Å²) in [6, 6.07) is 8.44. The molecule has 0 saturated heterocycles. The normalized spacial score (nSPS) is 13.7. The van der Waals surface area contributed by atoms with Gasteiger partial charge >= 0.3 is 0 Å². The third-order valence-electron chi connectivity index (χ3n) is 2.47. The number of hydrogen-bond donors (Lipinski definition) is 0. The van der Waals surface area contributed by atoms with Crippen molar-refractivity contribution in [1.29, 1.82) is 0 Å². The van der Waals surface area contributed by atoms with E-state index in [-0.39, 0.29) is 0 Å². The molecule has 0 aliphatic rings. The number of hydrogen-bond acceptors (Lipinski definition) is 1. The second kappa shape index (κ2) is 4.03. The highest BCUT2D eigenvalue weighted by Gasteiger charge is 1.99. The molecule has 1 aromatic carbocycles. The Morgan fingerprint density at radius 3 is 2.73 bits per heavy atom. The lowest BCUT2D eigenvalue weighted by Gasteiger charge is -1.86. The van der Waals surface area contributed by atoms with Crippen molar-refractivity contribution in [3.63, 3.8) is 0 Å². The highest BCUT2D eigenvalue weighted by molar-refractivity contribution is 7.17. The Balaban J connectivity index is 2.91. The summed E-state index contributed by atoms with van der Waals surface area (Å²) >= 11 is 1.82. The first-order valence-corrected chi connectivity index (χ1v) is 5.86. The van der Waals surface area contributed by atoms with E-state index in [9.17, 15) is 0 Å². The average molecular weight is 214 g/mol. The Morgan fingerprint density at radius 2 is 2.07 bits per heavy atom. The molecule has 0 nitrogen and oxygen atoms in total. The van der Waals surface area contributed by atoms with Crippen LogP contribution in [0.3, 0.4) is 0 Å². The van der Waals surface area contributed by atoms with Crippen molar-refractivity contribution in [3.05, 3.63) is 46.2 Å². The van der Waals surface area contributed by atoms with Gasteiger partial charge in [0, 0.05) is 9.23 Å². The maximum absolute atomic E-state index is 4.17. The molecule has 0 saturated carbocycles.